The van der Waals surface area contributed by atoms with Gasteiger partial charge in [-0.1, -0.05) is 18.2 Å². The fourth-order valence-corrected chi connectivity index (χ4v) is 2.95. The van der Waals surface area contributed by atoms with Gasteiger partial charge in [-0.25, -0.2) is 9.37 Å². The van der Waals surface area contributed by atoms with Crippen LogP contribution in [0.1, 0.15) is 11.1 Å². The van der Waals surface area contributed by atoms with Gasteiger partial charge in [0.25, 0.3) is 0 Å². The van der Waals surface area contributed by atoms with E-state index in [-0.39, 0.29) is 17.9 Å². The molecule has 0 aliphatic rings. The highest BCUT2D eigenvalue weighted by Gasteiger charge is 2.32. The van der Waals surface area contributed by atoms with Gasteiger partial charge in [-0.2, -0.15) is 13.2 Å². The number of hydrogen-bond acceptors (Lipinski definition) is 3. The fraction of sp³-hybridized carbons (Fsp3) is 0.118. The molecule has 3 rings (SSSR count). The van der Waals surface area contributed by atoms with E-state index in [1.54, 1.807) is 23.6 Å². The summed E-state index contributed by atoms with van der Waals surface area (Å²) in [6.07, 6.45) is -4.39. The van der Waals surface area contributed by atoms with Crippen molar-refractivity contribution in [2.75, 3.05) is 5.32 Å². The van der Waals surface area contributed by atoms with Crippen molar-refractivity contribution in [3.8, 4) is 11.3 Å². The van der Waals surface area contributed by atoms with Crippen molar-refractivity contribution in [1.29, 1.82) is 0 Å². The molecule has 0 unspecified atom stereocenters. The summed E-state index contributed by atoms with van der Waals surface area (Å²) >= 11 is 1.28. The molecule has 0 aliphatic carbocycles. The molecule has 0 spiro atoms. The molecule has 0 radical (unpaired) electrons. The predicted molar refractivity (Wildman–Crippen MR) is 86.3 cm³/mol. The van der Waals surface area contributed by atoms with Crippen LogP contribution in [0.25, 0.3) is 11.3 Å². The summed E-state index contributed by atoms with van der Waals surface area (Å²) < 4.78 is 51.8. The van der Waals surface area contributed by atoms with Crippen molar-refractivity contribution in [1.82, 2.24) is 4.98 Å². The van der Waals surface area contributed by atoms with Gasteiger partial charge >= 0.3 is 6.18 Å². The Morgan fingerprint density at radius 2 is 1.71 bits per heavy atom. The average molecular weight is 352 g/mol. The standard InChI is InChI=1S/C17H12F4N2S/c18-13-7-5-11(6-8-13)15-10-24-16(23-15)22-9-12-3-1-2-4-14(12)17(19,20)21/h1-8,10H,9H2,(H,22,23). The van der Waals surface area contributed by atoms with E-state index in [0.717, 1.165) is 11.6 Å². The van der Waals surface area contributed by atoms with E-state index in [1.165, 1.54) is 35.6 Å². The van der Waals surface area contributed by atoms with Gasteiger partial charge in [0.15, 0.2) is 5.13 Å². The molecule has 2 nitrogen and oxygen atoms in total. The molecular weight excluding hydrogens is 340 g/mol. The van der Waals surface area contributed by atoms with Crippen LogP contribution in [0.15, 0.2) is 53.9 Å². The number of nitrogens with one attached hydrogen (secondary N) is 1. The molecule has 1 heterocycles. The van der Waals surface area contributed by atoms with E-state index >= 15 is 0 Å². The topological polar surface area (TPSA) is 24.9 Å². The minimum absolute atomic E-state index is 0.0199. The quantitative estimate of drug-likeness (QED) is 0.620. The Morgan fingerprint density at radius 3 is 2.42 bits per heavy atom. The second-order valence-corrected chi connectivity index (χ2v) is 5.91. The van der Waals surface area contributed by atoms with Gasteiger partial charge in [-0.3, -0.25) is 0 Å². The molecule has 3 aromatic rings. The second-order valence-electron chi connectivity index (χ2n) is 5.05. The zero-order valence-electron chi connectivity index (χ0n) is 12.3. The molecule has 1 N–H and O–H groups in total. The number of anilines is 1. The van der Waals surface area contributed by atoms with Crippen LogP contribution >= 0.6 is 11.3 Å². The number of rotatable bonds is 4. The number of aromatic nitrogens is 1. The summed E-state index contributed by atoms with van der Waals surface area (Å²) in [6, 6.07) is 11.3. The molecule has 24 heavy (non-hydrogen) atoms. The van der Waals surface area contributed by atoms with Crippen molar-refractivity contribution in [3.63, 3.8) is 0 Å². The molecule has 0 atom stereocenters. The van der Waals surface area contributed by atoms with Gasteiger partial charge < -0.3 is 5.32 Å². The Bertz CT molecular complexity index is 825. The molecule has 7 heteroatoms. The van der Waals surface area contributed by atoms with Crippen LogP contribution in [0.3, 0.4) is 0 Å². The Morgan fingerprint density at radius 1 is 1.00 bits per heavy atom. The van der Waals surface area contributed by atoms with Crippen LogP contribution < -0.4 is 5.32 Å². The maximum absolute atomic E-state index is 13.0. The third-order valence-corrected chi connectivity index (χ3v) is 4.20. The number of nitrogens with zero attached hydrogens (tertiary/aromatic N) is 1. The highest BCUT2D eigenvalue weighted by molar-refractivity contribution is 7.14. The van der Waals surface area contributed by atoms with Gasteiger partial charge in [0.05, 0.1) is 11.3 Å². The monoisotopic (exact) mass is 352 g/mol. The molecule has 0 saturated carbocycles. The summed E-state index contributed by atoms with van der Waals surface area (Å²) in [5.74, 6) is -0.337. The largest absolute Gasteiger partial charge is 0.416 e. The highest BCUT2D eigenvalue weighted by Crippen LogP contribution is 2.32. The summed E-state index contributed by atoms with van der Waals surface area (Å²) in [5.41, 5.74) is 0.888. The van der Waals surface area contributed by atoms with Crippen LogP contribution in [0, 0.1) is 5.82 Å². The van der Waals surface area contributed by atoms with Crippen molar-refractivity contribution in [3.05, 3.63) is 70.9 Å². The third-order valence-electron chi connectivity index (χ3n) is 3.40. The highest BCUT2D eigenvalue weighted by atomic mass is 32.1. The lowest BCUT2D eigenvalue weighted by Crippen LogP contribution is -2.11. The summed E-state index contributed by atoms with van der Waals surface area (Å²) in [4.78, 5) is 4.32. The molecule has 0 aliphatic heterocycles. The SMILES string of the molecule is Fc1ccc(-c2csc(NCc3ccccc3C(F)(F)F)n2)cc1. The number of benzene rings is 2. The number of halogens is 4. The first-order valence-electron chi connectivity index (χ1n) is 7.04. The number of hydrogen-bond donors (Lipinski definition) is 1. The Kier molecular flexibility index (Phi) is 4.53. The summed E-state index contributed by atoms with van der Waals surface area (Å²) in [5, 5.41) is 5.18. The fourth-order valence-electron chi connectivity index (χ4n) is 2.23. The number of thiazole rings is 1. The number of alkyl halides is 3. The van der Waals surface area contributed by atoms with Gasteiger partial charge in [-0.15, -0.1) is 11.3 Å². The molecule has 0 saturated heterocycles. The maximum atomic E-state index is 13.0. The molecule has 124 valence electrons. The van der Waals surface area contributed by atoms with Gasteiger partial charge in [0, 0.05) is 17.5 Å². The summed E-state index contributed by atoms with van der Waals surface area (Å²) in [6.45, 7) is 0.0199. The van der Waals surface area contributed by atoms with E-state index in [2.05, 4.69) is 10.3 Å². The van der Waals surface area contributed by atoms with E-state index < -0.39 is 11.7 Å². The molecule has 2 aromatic carbocycles. The Hall–Kier alpha value is -2.41. The van der Waals surface area contributed by atoms with E-state index in [9.17, 15) is 17.6 Å². The van der Waals surface area contributed by atoms with Crippen molar-refractivity contribution in [2.24, 2.45) is 0 Å². The smallest absolute Gasteiger partial charge is 0.357 e. The zero-order chi connectivity index (χ0) is 17.2. The van der Waals surface area contributed by atoms with Gasteiger partial charge in [0.1, 0.15) is 5.82 Å². The first kappa shape index (κ1) is 16.4. The molecular formula is C17H12F4N2S. The predicted octanol–water partition coefficient (Wildman–Crippen LogP) is 5.58. The minimum Gasteiger partial charge on any atom is -0.357 e. The van der Waals surface area contributed by atoms with Crippen molar-refractivity contribution in [2.45, 2.75) is 12.7 Å². The van der Waals surface area contributed by atoms with Gasteiger partial charge in [-0.05, 0) is 35.9 Å². The van der Waals surface area contributed by atoms with Crippen LogP contribution in [-0.2, 0) is 12.7 Å². The van der Waals surface area contributed by atoms with E-state index in [4.69, 9.17) is 0 Å². The Labute approximate surface area is 139 Å². The van der Waals surface area contributed by atoms with Crippen LogP contribution in [-0.4, -0.2) is 4.98 Å². The molecule has 0 amide bonds. The zero-order valence-corrected chi connectivity index (χ0v) is 13.1. The molecule has 0 bridgehead atoms. The minimum atomic E-state index is -4.39. The normalized spacial score (nSPS) is 11.5. The van der Waals surface area contributed by atoms with Crippen LogP contribution in [0.2, 0.25) is 0 Å². The van der Waals surface area contributed by atoms with Crippen molar-refractivity contribution >= 4 is 16.5 Å². The molecule has 0 fully saturated rings. The maximum Gasteiger partial charge on any atom is 0.416 e. The van der Waals surface area contributed by atoms with Crippen molar-refractivity contribution < 1.29 is 17.6 Å². The lowest BCUT2D eigenvalue weighted by atomic mass is 10.1. The third kappa shape index (κ3) is 3.73. The lowest BCUT2D eigenvalue weighted by molar-refractivity contribution is -0.138. The lowest BCUT2D eigenvalue weighted by Gasteiger charge is -2.12. The van der Waals surface area contributed by atoms with Gasteiger partial charge in [0.2, 0.25) is 0 Å². The summed E-state index contributed by atoms with van der Waals surface area (Å²) in [7, 11) is 0. The second kappa shape index (κ2) is 6.60. The molecule has 1 aromatic heterocycles. The first-order valence-corrected chi connectivity index (χ1v) is 7.92. The van der Waals surface area contributed by atoms with E-state index in [0.29, 0.717) is 10.8 Å². The van der Waals surface area contributed by atoms with E-state index in [1.807, 2.05) is 0 Å². The first-order chi connectivity index (χ1) is 11.4. The van der Waals surface area contributed by atoms with Crippen LogP contribution in [0.4, 0.5) is 22.7 Å². The van der Waals surface area contributed by atoms with Crippen LogP contribution in [0.5, 0.6) is 0 Å². The Balaban J connectivity index is 1.74. The average Bonchev–Trinajstić information content (AvgIpc) is 3.02.